The highest BCUT2D eigenvalue weighted by Gasteiger charge is 2.42. The Morgan fingerprint density at radius 1 is 0.438 bits per heavy atom. The fourth-order valence-corrected chi connectivity index (χ4v) is 16.1. The Hall–Kier alpha value is -12.8. The number of hydrogen-bond acceptors (Lipinski definition) is 29. The van der Waals surface area contributed by atoms with Crippen LogP contribution in [0.3, 0.4) is 0 Å². The highest BCUT2D eigenvalue weighted by atomic mass is 32.1. The van der Waals surface area contributed by atoms with E-state index in [1.54, 1.807) is 58.0 Å². The summed E-state index contributed by atoms with van der Waals surface area (Å²) in [4.78, 5) is 239. The number of unbranched alkanes of at least 4 members (excludes halogenated alkanes) is 4. The van der Waals surface area contributed by atoms with Crippen molar-refractivity contribution in [2.75, 3.05) is 70.5 Å². The van der Waals surface area contributed by atoms with Gasteiger partial charge in [0.1, 0.15) is 96.4 Å². The van der Waals surface area contributed by atoms with Gasteiger partial charge in [0.15, 0.2) is 17.9 Å². The van der Waals surface area contributed by atoms with Crippen molar-refractivity contribution >= 4 is 138 Å². The number of carbonyl (C=O) groups excluding carboxylic acids is 15. The van der Waals surface area contributed by atoms with Crippen LogP contribution >= 0.6 is 25.3 Å². The van der Waals surface area contributed by atoms with Crippen molar-refractivity contribution in [1.82, 2.24) is 105 Å². The van der Waals surface area contributed by atoms with E-state index >= 15 is 0 Å². The summed E-state index contributed by atoms with van der Waals surface area (Å²) in [5.74, 6) is -17.9. The number of thiol groups is 2. The number of nitrogens with zero attached hydrogens (tertiary/aromatic N) is 2. The number of aliphatic hydroxyl groups excluding tert-OH is 1. The second-order valence-electron chi connectivity index (χ2n) is 35.9. The Morgan fingerprint density at radius 2 is 0.785 bits per heavy atom. The van der Waals surface area contributed by atoms with Crippen LogP contribution in [0.1, 0.15) is 186 Å². The van der Waals surface area contributed by atoms with E-state index in [1.165, 1.54) is 41.7 Å². The molecule has 0 aliphatic carbocycles. The molecule has 144 heavy (non-hydrogen) atoms. The zero-order chi connectivity index (χ0) is 107. The van der Waals surface area contributed by atoms with Gasteiger partial charge in [0.25, 0.3) is 0 Å². The number of carbonyl (C=O) groups is 16. The predicted octanol–water partition coefficient (Wildman–Crippen LogP) is -6.42. The fraction of sp³-hybridized carbons (Fsp3) is 0.630. The minimum atomic E-state index is -1.89. The maximum atomic E-state index is 15.0. The lowest BCUT2D eigenvalue weighted by Crippen LogP contribution is -2.62. The number of aromatic nitrogens is 2. The van der Waals surface area contributed by atoms with Gasteiger partial charge >= 0.3 is 5.97 Å². The molecule has 17 atom stereocenters. The Bertz CT molecular complexity index is 4590. The van der Waals surface area contributed by atoms with Gasteiger partial charge in [-0.3, -0.25) is 88.1 Å². The highest BCUT2D eigenvalue weighted by Crippen LogP contribution is 2.23. The first-order valence-electron chi connectivity index (χ1n) is 48.9. The number of rotatable bonds is 71. The molecule has 2 aromatic carbocycles. The molecule has 3 aromatic rings. The summed E-state index contributed by atoms with van der Waals surface area (Å²) in [5.41, 5.74) is 47.4. The standard InChI is InChI=1S/C92H155N31O19S2/c1-5-53(4)73(122-82(134)67(44-54-21-7-6-8-22-54)118-86(138)72-30-20-42-123(72)88(140)58(97)23-9-13-35-93)87(139)113-63(28-18-40-106-91(100)101)75(127)109-60(25-11-15-37-95)76(128)119-69(48-124)83(135)116-66(45-55-31-33-57(125)34-32-55)80(132)111-61(26-12-16-38-96)77(129)121-71(50-144)85(137)115-65(43-52(2)3)79(131)117-68(46-56-47-104-51-108-56)81(133)112-59(24-10-14-36-94)74(126)110-62(27-17-39-105-90(98)99)78(130)120-70(49-143)84(136)114-64(89(141)142)29-19-41-107-92(102)103/h6-8,21-22,31-34,47,51-53,58-73,124-125,143-144H,5,9-20,23-30,35-46,48-50,93-97H2,1-4H3,(H,104,108)(H,109,127)(H,110,126)(H,111,132)(H,112,133)(H,113,139)(H,114,136)(H,115,137)(H,116,135)(H,117,131)(H,118,138)(H,119,128)(H,120,130)(H,121,129)(H,122,134)(H,141,142)(H4,98,99,105)(H4,100,101,106)(H4,102,103,107)/t53-,58-,59-,60-,61-,62-,63-,64-,65-,66-,67-,68-,69-,70-,71-,72-,73-/m0/s1. The number of phenols is 1. The molecular weight excluding hydrogens is 1910 g/mol. The number of nitrogens with one attached hydrogen (secondary N) is 21. The molecule has 50 nitrogen and oxygen atoms in total. The number of nitrogens with two attached hydrogens (primary N) is 8. The minimum Gasteiger partial charge on any atom is -0.508 e. The lowest BCUT2D eigenvalue weighted by molar-refractivity contribution is -0.142. The van der Waals surface area contributed by atoms with Crippen molar-refractivity contribution < 1.29 is 92.0 Å². The molecule has 15 amide bonds. The molecule has 0 radical (unpaired) electrons. The van der Waals surface area contributed by atoms with Crippen LogP contribution in [-0.2, 0) is 96.0 Å². The second kappa shape index (κ2) is 67.7. The monoisotopic (exact) mass is 2060 g/mol. The third-order valence-electron chi connectivity index (χ3n) is 23.8. The molecular formula is C92H155N31O19S2. The number of aliphatic hydroxyl groups is 1. The van der Waals surface area contributed by atoms with E-state index in [1.807, 2.05) is 0 Å². The van der Waals surface area contributed by atoms with Crippen LogP contribution in [0.2, 0.25) is 0 Å². The number of likely N-dealkylation sites (tertiary alicyclic amines) is 1. The van der Waals surface area contributed by atoms with Gasteiger partial charge < -0.3 is 161 Å². The molecule has 52 heteroatoms. The number of imidazole rings is 1. The van der Waals surface area contributed by atoms with Gasteiger partial charge in [0.2, 0.25) is 88.6 Å². The number of carboxylic acid groups (broad SMARTS) is 1. The van der Waals surface area contributed by atoms with Gasteiger partial charge in [-0.25, -0.2) is 9.78 Å². The minimum absolute atomic E-state index is 0.0222. The van der Waals surface area contributed by atoms with Crippen LogP contribution in [0, 0.1) is 28.1 Å². The average Bonchev–Trinajstić information content (AvgIpc) is 1.64. The predicted molar refractivity (Wildman–Crippen MR) is 544 cm³/mol. The summed E-state index contributed by atoms with van der Waals surface area (Å²) in [6, 6.07) is -8.90. The van der Waals surface area contributed by atoms with E-state index in [4.69, 9.17) is 62.1 Å². The quantitative estimate of drug-likeness (QED) is 0.0108. The van der Waals surface area contributed by atoms with Crippen LogP contribution in [-0.4, -0.2) is 310 Å². The van der Waals surface area contributed by atoms with Crippen LogP contribution in [0.15, 0.2) is 67.1 Å². The molecule has 0 bridgehead atoms. The third-order valence-corrected chi connectivity index (χ3v) is 24.5. The molecule has 0 spiro atoms. The molecule has 0 saturated carbocycles. The van der Waals surface area contributed by atoms with Crippen molar-refractivity contribution in [1.29, 1.82) is 16.2 Å². The Morgan fingerprint density at radius 3 is 1.19 bits per heavy atom. The first-order valence-corrected chi connectivity index (χ1v) is 50.1. The Kier molecular flexibility index (Phi) is 58.1. The molecule has 1 aliphatic rings. The SMILES string of the molecule is CC[C@H](C)[C@H](NC(=O)[C@H](Cc1ccccc1)NC(=O)[C@@H]1CCCN1C(=O)[C@@H](N)CCCCN)C(=O)N[C@@H](CCCNC(=N)N)C(=O)N[C@@H](CCCCN)C(=O)N[C@@H](CO)C(=O)N[C@@H](Cc1ccc(O)cc1)C(=O)N[C@@H](CCCCN)C(=O)N[C@@H](CS)C(=O)N[C@@H](CC(C)C)C(=O)N[C@@H](Cc1cnc[nH]1)C(=O)N[C@@H](CCCCN)C(=O)N[C@@H](CCCNC(=N)N)C(=O)N[C@@H](CS)C(=O)N[C@@H](CCCNC(=N)N)C(=O)O. The molecule has 4 rings (SSSR count). The van der Waals surface area contributed by atoms with Gasteiger partial charge in [-0.1, -0.05) is 83.0 Å². The van der Waals surface area contributed by atoms with Crippen molar-refractivity contribution in [3.8, 4) is 5.75 Å². The first kappa shape index (κ1) is 124. The van der Waals surface area contributed by atoms with E-state index in [0.29, 0.717) is 74.7 Å². The van der Waals surface area contributed by atoms with E-state index in [9.17, 15) is 92.0 Å². The van der Waals surface area contributed by atoms with Gasteiger partial charge in [-0.15, -0.1) is 0 Å². The summed E-state index contributed by atoms with van der Waals surface area (Å²) < 4.78 is 0. The van der Waals surface area contributed by atoms with E-state index in [0.717, 1.165) is 0 Å². The maximum absolute atomic E-state index is 15.0. The largest absolute Gasteiger partial charge is 0.508 e. The van der Waals surface area contributed by atoms with Crippen LogP contribution in [0.25, 0.3) is 0 Å². The van der Waals surface area contributed by atoms with Crippen LogP contribution in [0.5, 0.6) is 5.75 Å². The first-order chi connectivity index (χ1) is 68.7. The Labute approximate surface area is 849 Å². The number of benzene rings is 2. The van der Waals surface area contributed by atoms with Crippen molar-refractivity contribution in [2.24, 2.45) is 57.7 Å². The highest BCUT2D eigenvalue weighted by molar-refractivity contribution is 7.80. The lowest BCUT2D eigenvalue weighted by atomic mass is 9.96. The van der Waals surface area contributed by atoms with Gasteiger partial charge in [-0.05, 0) is 190 Å². The number of aliphatic carboxylic acids is 1. The van der Waals surface area contributed by atoms with Gasteiger partial charge in [-0.2, -0.15) is 25.3 Å². The molecule has 40 N–H and O–H groups in total. The fourth-order valence-electron chi connectivity index (χ4n) is 15.5. The molecule has 2 heterocycles. The van der Waals surface area contributed by atoms with Crippen LogP contribution in [0.4, 0.5) is 0 Å². The number of phenolic OH excluding ortho intramolecular Hbond substituents is 1. The number of guanidine groups is 3. The van der Waals surface area contributed by atoms with Gasteiger partial charge in [0.05, 0.1) is 19.0 Å². The topological polar surface area (TPSA) is 850 Å². The van der Waals surface area contributed by atoms with Crippen LogP contribution < -0.4 is 136 Å². The number of carboxylic acids is 1. The summed E-state index contributed by atoms with van der Waals surface area (Å²) in [5, 5.41) is 98.7. The molecule has 0 unspecified atom stereocenters. The molecule has 1 saturated heterocycles. The van der Waals surface area contributed by atoms with Crippen molar-refractivity contribution in [2.45, 2.75) is 285 Å². The van der Waals surface area contributed by atoms with Crippen molar-refractivity contribution in [3.05, 3.63) is 83.9 Å². The van der Waals surface area contributed by atoms with E-state index in [-0.39, 0.29) is 178 Å². The van der Waals surface area contributed by atoms with E-state index in [2.05, 4.69) is 126 Å². The average molecular weight is 2060 g/mol. The zero-order valence-corrected chi connectivity index (χ0v) is 84.3. The number of hydrogen-bond donors (Lipinski definition) is 34. The molecule has 1 fully saturated rings. The second-order valence-corrected chi connectivity index (χ2v) is 36.6. The summed E-state index contributed by atoms with van der Waals surface area (Å²) in [6.07, 6.45) is 5.65. The smallest absolute Gasteiger partial charge is 0.326 e. The van der Waals surface area contributed by atoms with E-state index < -0.39 is 221 Å². The normalized spacial score (nSPS) is 15.6. The Balaban J connectivity index is 1.63. The van der Waals surface area contributed by atoms with Crippen molar-refractivity contribution in [3.63, 3.8) is 0 Å². The summed E-state index contributed by atoms with van der Waals surface area (Å²) in [7, 11) is 0. The summed E-state index contributed by atoms with van der Waals surface area (Å²) >= 11 is 8.65. The molecule has 1 aliphatic heterocycles. The zero-order valence-electron chi connectivity index (χ0n) is 82.5. The third kappa shape index (κ3) is 45.9. The lowest BCUT2D eigenvalue weighted by Gasteiger charge is -2.30. The number of aromatic amines is 1. The molecule has 804 valence electrons. The summed E-state index contributed by atoms with van der Waals surface area (Å²) in [6.45, 7) is 7.04. The number of aromatic hydroxyl groups is 1. The molecule has 1 aromatic heterocycles. The maximum Gasteiger partial charge on any atom is 0.326 e. The number of amides is 15. The number of H-pyrrole nitrogens is 1. The van der Waals surface area contributed by atoms with Gasteiger partial charge in [0, 0.05) is 68.8 Å².